The summed E-state index contributed by atoms with van der Waals surface area (Å²) in [5.41, 5.74) is -0.0304. The normalized spacial score (nSPS) is 18.9. The Morgan fingerprint density at radius 2 is 2.18 bits per heavy atom. The number of amides is 1. The lowest BCUT2D eigenvalue weighted by atomic mass is 10.2. The molecule has 1 atom stereocenters. The quantitative estimate of drug-likeness (QED) is 0.787. The number of carbonyl (C=O) groups is 2. The summed E-state index contributed by atoms with van der Waals surface area (Å²) >= 11 is 0. The number of nitrogens with zero attached hydrogens (tertiary/aromatic N) is 1. The molecule has 0 spiro atoms. The molecule has 1 aromatic rings. The maximum absolute atomic E-state index is 11.8. The van der Waals surface area contributed by atoms with Crippen molar-refractivity contribution in [2.45, 2.75) is 12.5 Å². The first-order valence-electron chi connectivity index (χ1n) is 5.26. The van der Waals surface area contributed by atoms with Gasteiger partial charge < -0.3 is 15.2 Å². The lowest BCUT2D eigenvalue weighted by Gasteiger charge is -2.09. The summed E-state index contributed by atoms with van der Waals surface area (Å²) in [5, 5.41) is 11.5. The second-order valence-corrected chi connectivity index (χ2v) is 3.75. The third-order valence-electron chi connectivity index (χ3n) is 2.47. The molecule has 0 radical (unpaired) electrons. The van der Waals surface area contributed by atoms with Gasteiger partial charge in [0, 0.05) is 6.61 Å². The summed E-state index contributed by atoms with van der Waals surface area (Å²) in [6.07, 6.45) is 0.768. The van der Waals surface area contributed by atoms with E-state index in [2.05, 4.69) is 10.3 Å². The molecule has 1 amide bonds. The van der Waals surface area contributed by atoms with Crippen LogP contribution in [0.25, 0.3) is 0 Å². The average molecular weight is 236 g/mol. The van der Waals surface area contributed by atoms with Crippen LogP contribution in [0, 0.1) is 0 Å². The van der Waals surface area contributed by atoms with E-state index in [0.29, 0.717) is 13.2 Å². The molecule has 1 saturated heterocycles. The molecule has 1 aliphatic heterocycles. The van der Waals surface area contributed by atoms with Gasteiger partial charge in [0.05, 0.1) is 12.6 Å². The number of carboxylic acids is 1. The molecule has 6 heteroatoms. The molecular formula is C11H12N2O4. The van der Waals surface area contributed by atoms with Gasteiger partial charge in [0.15, 0.2) is 0 Å². The van der Waals surface area contributed by atoms with Gasteiger partial charge in [-0.3, -0.25) is 4.79 Å². The fraction of sp³-hybridized carbons (Fsp3) is 0.364. The number of carbonyl (C=O) groups excluding carboxylic acids is 1. The maximum Gasteiger partial charge on any atom is 0.354 e. The molecule has 0 saturated carbocycles. The van der Waals surface area contributed by atoms with Crippen LogP contribution in [0.1, 0.15) is 27.4 Å². The zero-order valence-corrected chi connectivity index (χ0v) is 9.05. The Bertz CT molecular complexity index is 441. The topological polar surface area (TPSA) is 88.5 Å². The number of nitrogens with one attached hydrogen (secondary N) is 1. The summed E-state index contributed by atoms with van der Waals surface area (Å²) in [6, 6.07) is 4.31. The summed E-state index contributed by atoms with van der Waals surface area (Å²) in [6.45, 7) is 1.12. The van der Waals surface area contributed by atoms with E-state index in [1.807, 2.05) is 0 Å². The van der Waals surface area contributed by atoms with Crippen molar-refractivity contribution < 1.29 is 19.4 Å². The van der Waals surface area contributed by atoms with Gasteiger partial charge in [0.2, 0.25) is 0 Å². The molecule has 1 unspecified atom stereocenters. The van der Waals surface area contributed by atoms with Gasteiger partial charge in [-0.15, -0.1) is 0 Å². The van der Waals surface area contributed by atoms with Crippen LogP contribution in [0.2, 0.25) is 0 Å². The minimum Gasteiger partial charge on any atom is -0.477 e. The number of pyridine rings is 1. The molecule has 1 aliphatic rings. The van der Waals surface area contributed by atoms with Crippen molar-refractivity contribution in [3.05, 3.63) is 29.6 Å². The van der Waals surface area contributed by atoms with Crippen molar-refractivity contribution in [2.75, 3.05) is 13.2 Å². The zero-order chi connectivity index (χ0) is 12.3. The van der Waals surface area contributed by atoms with Crippen molar-refractivity contribution in [2.24, 2.45) is 0 Å². The van der Waals surface area contributed by atoms with Crippen molar-refractivity contribution in [3.8, 4) is 0 Å². The van der Waals surface area contributed by atoms with Crippen LogP contribution in [0.15, 0.2) is 18.2 Å². The molecule has 2 rings (SSSR count). The highest BCUT2D eigenvalue weighted by Gasteiger charge is 2.19. The Morgan fingerprint density at radius 1 is 1.41 bits per heavy atom. The minimum atomic E-state index is -1.15. The van der Waals surface area contributed by atoms with Crippen LogP contribution in [0.3, 0.4) is 0 Å². The number of carboxylic acid groups (broad SMARTS) is 1. The first kappa shape index (κ1) is 11.5. The minimum absolute atomic E-state index is 0.0159. The number of ether oxygens (including phenoxy) is 1. The lowest BCUT2D eigenvalue weighted by Crippen LogP contribution is -2.35. The van der Waals surface area contributed by atoms with Gasteiger partial charge in [0.25, 0.3) is 5.91 Å². The Morgan fingerprint density at radius 3 is 2.82 bits per heavy atom. The predicted molar refractivity (Wildman–Crippen MR) is 57.9 cm³/mol. The van der Waals surface area contributed by atoms with E-state index in [4.69, 9.17) is 9.84 Å². The van der Waals surface area contributed by atoms with E-state index in [0.717, 1.165) is 6.42 Å². The van der Waals surface area contributed by atoms with Crippen LogP contribution in [-0.2, 0) is 4.74 Å². The van der Waals surface area contributed by atoms with Crippen molar-refractivity contribution in [3.63, 3.8) is 0 Å². The summed E-state index contributed by atoms with van der Waals surface area (Å²) in [5.74, 6) is -1.52. The summed E-state index contributed by atoms with van der Waals surface area (Å²) in [7, 11) is 0. The van der Waals surface area contributed by atoms with E-state index >= 15 is 0 Å². The zero-order valence-electron chi connectivity index (χ0n) is 9.05. The lowest BCUT2D eigenvalue weighted by molar-refractivity contribution is 0.0690. The number of rotatable bonds is 3. The van der Waals surface area contributed by atoms with E-state index in [-0.39, 0.29) is 23.3 Å². The standard InChI is InChI=1S/C11H12N2O4/c14-10(12-7-4-5-17-6-7)8-2-1-3-9(13-8)11(15)16/h1-3,7H,4-6H2,(H,12,14)(H,15,16). The van der Waals surface area contributed by atoms with Crippen LogP contribution in [0.5, 0.6) is 0 Å². The highest BCUT2D eigenvalue weighted by molar-refractivity contribution is 5.94. The smallest absolute Gasteiger partial charge is 0.354 e. The molecular weight excluding hydrogens is 224 g/mol. The van der Waals surface area contributed by atoms with Crippen LogP contribution in [0.4, 0.5) is 0 Å². The molecule has 1 fully saturated rings. The van der Waals surface area contributed by atoms with Gasteiger partial charge in [-0.25, -0.2) is 9.78 Å². The first-order chi connectivity index (χ1) is 8.16. The third-order valence-corrected chi connectivity index (χ3v) is 2.47. The van der Waals surface area contributed by atoms with Crippen molar-refractivity contribution in [1.29, 1.82) is 0 Å². The Hall–Kier alpha value is -1.95. The Balaban J connectivity index is 2.07. The molecule has 90 valence electrons. The van der Waals surface area contributed by atoms with Gasteiger partial charge in [-0.2, -0.15) is 0 Å². The number of hydrogen-bond acceptors (Lipinski definition) is 4. The van der Waals surface area contributed by atoms with E-state index in [1.165, 1.54) is 18.2 Å². The van der Waals surface area contributed by atoms with E-state index in [1.54, 1.807) is 0 Å². The fourth-order valence-electron chi connectivity index (χ4n) is 1.59. The number of aromatic carboxylic acids is 1. The molecule has 6 nitrogen and oxygen atoms in total. The maximum atomic E-state index is 11.8. The average Bonchev–Trinajstić information content (AvgIpc) is 2.82. The third kappa shape index (κ3) is 2.79. The molecule has 2 heterocycles. The van der Waals surface area contributed by atoms with Gasteiger partial charge in [-0.1, -0.05) is 6.07 Å². The van der Waals surface area contributed by atoms with Crippen LogP contribution < -0.4 is 5.32 Å². The van der Waals surface area contributed by atoms with Gasteiger partial charge >= 0.3 is 5.97 Å². The number of aromatic nitrogens is 1. The molecule has 0 aromatic carbocycles. The highest BCUT2D eigenvalue weighted by Crippen LogP contribution is 2.05. The van der Waals surface area contributed by atoms with Crippen molar-refractivity contribution >= 4 is 11.9 Å². The molecule has 0 aliphatic carbocycles. The van der Waals surface area contributed by atoms with Gasteiger partial charge in [-0.05, 0) is 18.6 Å². The van der Waals surface area contributed by atoms with E-state index in [9.17, 15) is 9.59 Å². The van der Waals surface area contributed by atoms with Crippen LogP contribution in [-0.4, -0.2) is 41.2 Å². The first-order valence-corrected chi connectivity index (χ1v) is 5.26. The second-order valence-electron chi connectivity index (χ2n) is 3.75. The fourth-order valence-corrected chi connectivity index (χ4v) is 1.59. The van der Waals surface area contributed by atoms with E-state index < -0.39 is 5.97 Å². The molecule has 2 N–H and O–H groups in total. The molecule has 1 aromatic heterocycles. The Labute approximate surface area is 97.6 Å². The second kappa shape index (κ2) is 4.92. The Kier molecular flexibility index (Phi) is 3.34. The highest BCUT2D eigenvalue weighted by atomic mass is 16.5. The summed E-state index contributed by atoms with van der Waals surface area (Å²) < 4.78 is 5.13. The van der Waals surface area contributed by atoms with Gasteiger partial charge in [0.1, 0.15) is 11.4 Å². The van der Waals surface area contributed by atoms with Crippen LogP contribution >= 0.6 is 0 Å². The monoisotopic (exact) mass is 236 g/mol. The summed E-state index contributed by atoms with van der Waals surface area (Å²) in [4.78, 5) is 26.2. The molecule has 17 heavy (non-hydrogen) atoms. The largest absolute Gasteiger partial charge is 0.477 e. The predicted octanol–water partition coefficient (Wildman–Crippen LogP) is 0.298. The van der Waals surface area contributed by atoms with Crippen molar-refractivity contribution in [1.82, 2.24) is 10.3 Å². The molecule has 0 bridgehead atoms. The number of hydrogen-bond donors (Lipinski definition) is 2. The SMILES string of the molecule is O=C(O)c1cccc(C(=O)NC2CCOC2)n1.